The van der Waals surface area contributed by atoms with Crippen molar-refractivity contribution in [2.24, 2.45) is 0 Å². The van der Waals surface area contributed by atoms with Gasteiger partial charge in [-0.25, -0.2) is 0 Å². The van der Waals surface area contributed by atoms with Crippen molar-refractivity contribution < 1.29 is 0 Å². The standard InChI is InChI=1S/C17H28N2S/c1-5-16(2)13-18-17(3,14-19(16)11-12-20-4)15-9-7-6-8-10-15/h6-10,18H,5,11-14H2,1-4H3. The third-order valence-electron chi connectivity index (χ3n) is 4.87. The Bertz CT molecular complexity index is 422. The maximum atomic E-state index is 3.81. The van der Waals surface area contributed by atoms with Crippen LogP contribution in [-0.2, 0) is 5.54 Å². The Balaban J connectivity index is 2.19. The molecule has 1 saturated heterocycles. The minimum absolute atomic E-state index is 0.0638. The first kappa shape index (κ1) is 15.9. The summed E-state index contributed by atoms with van der Waals surface area (Å²) in [5.74, 6) is 1.21. The van der Waals surface area contributed by atoms with Crippen molar-refractivity contribution >= 4 is 11.8 Å². The first-order valence-electron chi connectivity index (χ1n) is 7.58. The summed E-state index contributed by atoms with van der Waals surface area (Å²) in [5, 5.41) is 3.81. The van der Waals surface area contributed by atoms with Crippen molar-refractivity contribution in [2.75, 3.05) is 31.6 Å². The second kappa shape index (κ2) is 6.50. The van der Waals surface area contributed by atoms with Gasteiger partial charge in [-0.3, -0.25) is 4.90 Å². The van der Waals surface area contributed by atoms with Crippen molar-refractivity contribution in [3.05, 3.63) is 35.9 Å². The average molecular weight is 292 g/mol. The van der Waals surface area contributed by atoms with E-state index >= 15 is 0 Å². The van der Waals surface area contributed by atoms with E-state index in [-0.39, 0.29) is 11.1 Å². The van der Waals surface area contributed by atoms with Crippen LogP contribution in [0.15, 0.2) is 30.3 Å². The summed E-state index contributed by atoms with van der Waals surface area (Å²) in [7, 11) is 0. The molecule has 0 saturated carbocycles. The van der Waals surface area contributed by atoms with Gasteiger partial charge in [0.25, 0.3) is 0 Å². The lowest BCUT2D eigenvalue weighted by molar-refractivity contribution is 0.0223. The van der Waals surface area contributed by atoms with Crippen LogP contribution >= 0.6 is 11.8 Å². The second-order valence-corrected chi connectivity index (χ2v) is 7.30. The number of benzene rings is 1. The predicted molar refractivity (Wildman–Crippen MR) is 90.4 cm³/mol. The molecule has 1 fully saturated rings. The molecule has 1 N–H and O–H groups in total. The van der Waals surface area contributed by atoms with E-state index in [1.807, 2.05) is 11.8 Å². The topological polar surface area (TPSA) is 15.3 Å². The van der Waals surface area contributed by atoms with Gasteiger partial charge in [-0.1, -0.05) is 37.3 Å². The van der Waals surface area contributed by atoms with Crippen LogP contribution in [0.25, 0.3) is 0 Å². The fraction of sp³-hybridized carbons (Fsp3) is 0.647. The molecule has 1 aromatic rings. The lowest BCUT2D eigenvalue weighted by Gasteiger charge is -2.52. The molecule has 0 bridgehead atoms. The molecule has 0 aliphatic carbocycles. The van der Waals surface area contributed by atoms with Gasteiger partial charge in [-0.05, 0) is 32.1 Å². The maximum absolute atomic E-state index is 3.81. The van der Waals surface area contributed by atoms with Crippen molar-refractivity contribution in [1.82, 2.24) is 10.2 Å². The van der Waals surface area contributed by atoms with E-state index in [9.17, 15) is 0 Å². The van der Waals surface area contributed by atoms with Gasteiger partial charge in [-0.15, -0.1) is 0 Å². The number of piperazine rings is 1. The smallest absolute Gasteiger partial charge is 0.0535 e. The number of nitrogens with zero attached hydrogens (tertiary/aromatic N) is 1. The highest BCUT2D eigenvalue weighted by atomic mass is 32.2. The SMILES string of the molecule is CCC1(C)CNC(C)(c2ccccc2)CN1CCSC. The van der Waals surface area contributed by atoms with Crippen LogP contribution in [0, 0.1) is 0 Å². The van der Waals surface area contributed by atoms with Crippen LogP contribution in [0.3, 0.4) is 0 Å². The van der Waals surface area contributed by atoms with Crippen LogP contribution in [-0.4, -0.2) is 42.1 Å². The lowest BCUT2D eigenvalue weighted by atomic mass is 9.83. The quantitative estimate of drug-likeness (QED) is 0.896. The molecule has 1 aromatic carbocycles. The minimum atomic E-state index is 0.0638. The molecule has 3 heteroatoms. The number of hydrogen-bond donors (Lipinski definition) is 1. The molecule has 0 spiro atoms. The maximum Gasteiger partial charge on any atom is 0.0535 e. The highest BCUT2D eigenvalue weighted by molar-refractivity contribution is 7.98. The minimum Gasteiger partial charge on any atom is -0.305 e. The molecule has 2 rings (SSSR count). The molecule has 2 atom stereocenters. The zero-order valence-corrected chi connectivity index (χ0v) is 14.1. The summed E-state index contributed by atoms with van der Waals surface area (Å²) < 4.78 is 0. The van der Waals surface area contributed by atoms with Gasteiger partial charge < -0.3 is 5.32 Å². The lowest BCUT2D eigenvalue weighted by Crippen LogP contribution is -2.66. The van der Waals surface area contributed by atoms with E-state index in [0.29, 0.717) is 0 Å². The summed E-state index contributed by atoms with van der Waals surface area (Å²) in [6, 6.07) is 10.9. The van der Waals surface area contributed by atoms with E-state index in [1.165, 1.54) is 24.3 Å². The molecule has 112 valence electrons. The third-order valence-corrected chi connectivity index (χ3v) is 5.46. The summed E-state index contributed by atoms with van der Waals surface area (Å²) in [4.78, 5) is 2.69. The van der Waals surface area contributed by atoms with Gasteiger partial charge >= 0.3 is 0 Å². The van der Waals surface area contributed by atoms with Gasteiger partial charge in [0.15, 0.2) is 0 Å². The summed E-state index contributed by atoms with van der Waals surface area (Å²) in [6.45, 7) is 10.4. The molecule has 2 unspecified atom stereocenters. The van der Waals surface area contributed by atoms with Crippen molar-refractivity contribution in [3.8, 4) is 0 Å². The Morgan fingerprint density at radius 3 is 2.55 bits per heavy atom. The Labute approximate surface area is 128 Å². The zero-order valence-electron chi connectivity index (χ0n) is 13.3. The normalized spacial score (nSPS) is 31.4. The molecule has 1 aliphatic heterocycles. The first-order valence-corrected chi connectivity index (χ1v) is 8.98. The fourth-order valence-corrected chi connectivity index (χ4v) is 3.43. The molecule has 2 nitrogen and oxygen atoms in total. The molecule has 20 heavy (non-hydrogen) atoms. The van der Waals surface area contributed by atoms with Crippen LogP contribution in [0.1, 0.15) is 32.8 Å². The summed E-state index contributed by atoms with van der Waals surface area (Å²) >= 11 is 1.94. The molecule has 1 aliphatic rings. The van der Waals surface area contributed by atoms with Gasteiger partial charge in [0, 0.05) is 30.9 Å². The first-order chi connectivity index (χ1) is 9.54. The monoisotopic (exact) mass is 292 g/mol. The Kier molecular flexibility index (Phi) is 5.16. The van der Waals surface area contributed by atoms with Crippen molar-refractivity contribution in [2.45, 2.75) is 38.3 Å². The van der Waals surface area contributed by atoms with Gasteiger partial charge in [0.05, 0.1) is 5.54 Å². The number of rotatable bonds is 5. The average Bonchev–Trinajstić information content (AvgIpc) is 2.49. The van der Waals surface area contributed by atoms with Gasteiger partial charge in [0.2, 0.25) is 0 Å². The molecule has 0 radical (unpaired) electrons. The molecule has 0 amide bonds. The van der Waals surface area contributed by atoms with Gasteiger partial charge in [0.1, 0.15) is 0 Å². The van der Waals surface area contributed by atoms with Crippen LogP contribution in [0.2, 0.25) is 0 Å². The predicted octanol–water partition coefficient (Wildman–Crippen LogP) is 3.34. The van der Waals surface area contributed by atoms with Crippen LogP contribution in [0.5, 0.6) is 0 Å². The van der Waals surface area contributed by atoms with Crippen molar-refractivity contribution in [3.63, 3.8) is 0 Å². The fourth-order valence-electron chi connectivity index (χ4n) is 3.02. The van der Waals surface area contributed by atoms with E-state index in [4.69, 9.17) is 0 Å². The molecule has 0 aromatic heterocycles. The van der Waals surface area contributed by atoms with E-state index < -0.39 is 0 Å². The molecular formula is C17H28N2S. The summed E-state index contributed by atoms with van der Waals surface area (Å²) in [6.07, 6.45) is 3.39. The number of thioether (sulfide) groups is 1. The van der Waals surface area contributed by atoms with Crippen LogP contribution < -0.4 is 5.32 Å². The Hall–Kier alpha value is -0.510. The van der Waals surface area contributed by atoms with E-state index in [1.54, 1.807) is 0 Å². The Morgan fingerprint density at radius 1 is 1.25 bits per heavy atom. The highest BCUT2D eigenvalue weighted by Crippen LogP contribution is 2.32. The Morgan fingerprint density at radius 2 is 1.95 bits per heavy atom. The number of nitrogens with one attached hydrogen (secondary N) is 1. The zero-order chi connectivity index (χ0) is 14.6. The number of hydrogen-bond acceptors (Lipinski definition) is 3. The van der Waals surface area contributed by atoms with E-state index in [0.717, 1.165) is 13.1 Å². The highest BCUT2D eigenvalue weighted by Gasteiger charge is 2.42. The van der Waals surface area contributed by atoms with E-state index in [2.05, 4.69) is 67.6 Å². The third kappa shape index (κ3) is 3.21. The molecular weight excluding hydrogens is 264 g/mol. The molecule has 1 heterocycles. The largest absolute Gasteiger partial charge is 0.305 e. The van der Waals surface area contributed by atoms with Crippen LogP contribution in [0.4, 0.5) is 0 Å². The van der Waals surface area contributed by atoms with Crippen molar-refractivity contribution in [1.29, 1.82) is 0 Å². The van der Waals surface area contributed by atoms with Gasteiger partial charge in [-0.2, -0.15) is 11.8 Å². The second-order valence-electron chi connectivity index (χ2n) is 6.32. The summed E-state index contributed by atoms with van der Waals surface area (Å²) in [5.41, 5.74) is 1.74.